The lowest BCUT2D eigenvalue weighted by Crippen LogP contribution is -2.38. The number of rotatable bonds is 4. The fourth-order valence-electron chi connectivity index (χ4n) is 0.907. The van der Waals surface area contributed by atoms with Gasteiger partial charge in [-0.1, -0.05) is 0 Å². The first-order valence-corrected chi connectivity index (χ1v) is 5.75. The molecule has 0 radical (unpaired) electrons. The monoisotopic (exact) mass is 303 g/mol. The van der Waals surface area contributed by atoms with Gasteiger partial charge in [0, 0.05) is 13.1 Å². The maximum absolute atomic E-state index is 11.9. The maximum atomic E-state index is 11.9. The van der Waals surface area contributed by atoms with E-state index in [0.717, 1.165) is 9.35 Å². The number of nitrogens with one attached hydrogen (secondary N) is 1. The first kappa shape index (κ1) is 13.0. The van der Waals surface area contributed by atoms with Crippen LogP contribution in [0.25, 0.3) is 0 Å². The minimum absolute atomic E-state index is 0.315. The number of halogens is 4. The van der Waals surface area contributed by atoms with Crippen LogP contribution in [0.2, 0.25) is 0 Å². The van der Waals surface area contributed by atoms with Crippen molar-refractivity contribution < 1.29 is 18.3 Å². The summed E-state index contributed by atoms with van der Waals surface area (Å²) in [7, 11) is 0. The lowest BCUT2D eigenvalue weighted by atomic mass is 10.3. The molecule has 0 aliphatic heterocycles. The van der Waals surface area contributed by atoms with Crippen LogP contribution in [-0.4, -0.2) is 23.9 Å². The van der Waals surface area contributed by atoms with E-state index in [2.05, 4.69) is 21.2 Å². The number of thiophene rings is 1. The van der Waals surface area contributed by atoms with E-state index in [1.807, 2.05) is 11.4 Å². The first-order valence-electron chi connectivity index (χ1n) is 4.08. The van der Waals surface area contributed by atoms with Crippen molar-refractivity contribution in [3.05, 3.63) is 20.8 Å². The molecule has 86 valence electrons. The molecule has 0 fully saturated rings. The molecule has 0 saturated heterocycles. The highest BCUT2D eigenvalue weighted by atomic mass is 79.9. The Hall–Kier alpha value is -0.110. The Bertz CT molecular complexity index is 315. The fourth-order valence-corrected chi connectivity index (χ4v) is 2.12. The third-order valence-corrected chi connectivity index (χ3v) is 3.22. The Kier molecular flexibility index (Phi) is 4.57. The highest BCUT2D eigenvalue weighted by molar-refractivity contribution is 9.11. The van der Waals surface area contributed by atoms with Crippen LogP contribution >= 0.6 is 27.3 Å². The number of hydrogen-bond acceptors (Lipinski definition) is 3. The molecule has 0 aliphatic rings. The zero-order valence-electron chi connectivity index (χ0n) is 7.51. The second kappa shape index (κ2) is 5.29. The molecule has 2 N–H and O–H groups in total. The Labute approximate surface area is 97.2 Å². The van der Waals surface area contributed by atoms with Crippen LogP contribution in [0.3, 0.4) is 0 Å². The van der Waals surface area contributed by atoms with E-state index in [1.54, 1.807) is 0 Å². The molecule has 0 bridgehead atoms. The van der Waals surface area contributed by atoms with Gasteiger partial charge in [-0.15, -0.1) is 11.3 Å². The van der Waals surface area contributed by atoms with Crippen LogP contribution in [0.1, 0.15) is 5.56 Å². The van der Waals surface area contributed by atoms with Gasteiger partial charge >= 0.3 is 6.18 Å². The molecule has 1 atom stereocenters. The fraction of sp³-hybridized carbons (Fsp3) is 0.500. The van der Waals surface area contributed by atoms with Crippen LogP contribution in [0, 0.1) is 0 Å². The van der Waals surface area contributed by atoms with Crippen molar-refractivity contribution in [3.63, 3.8) is 0 Å². The minimum Gasteiger partial charge on any atom is -0.382 e. The highest BCUT2D eigenvalue weighted by Gasteiger charge is 2.37. The maximum Gasteiger partial charge on any atom is 0.415 e. The van der Waals surface area contributed by atoms with E-state index < -0.39 is 18.8 Å². The van der Waals surface area contributed by atoms with Crippen molar-refractivity contribution >= 4 is 27.3 Å². The molecule has 1 unspecified atom stereocenters. The molecule has 1 rings (SSSR count). The van der Waals surface area contributed by atoms with E-state index >= 15 is 0 Å². The van der Waals surface area contributed by atoms with Gasteiger partial charge in [-0.05, 0) is 32.9 Å². The number of alkyl halides is 3. The zero-order valence-corrected chi connectivity index (χ0v) is 9.92. The Morgan fingerprint density at radius 1 is 1.53 bits per heavy atom. The smallest absolute Gasteiger partial charge is 0.382 e. The van der Waals surface area contributed by atoms with E-state index in [-0.39, 0.29) is 0 Å². The molecule has 1 heterocycles. The van der Waals surface area contributed by atoms with Gasteiger partial charge in [0.15, 0.2) is 6.10 Å². The van der Waals surface area contributed by atoms with Crippen molar-refractivity contribution in [2.24, 2.45) is 0 Å². The summed E-state index contributed by atoms with van der Waals surface area (Å²) in [5.41, 5.74) is 0.890. The summed E-state index contributed by atoms with van der Waals surface area (Å²) in [5.74, 6) is 0. The predicted octanol–water partition coefficient (Wildman–Crippen LogP) is 2.52. The Morgan fingerprint density at radius 2 is 2.20 bits per heavy atom. The summed E-state index contributed by atoms with van der Waals surface area (Å²) >= 11 is 4.71. The van der Waals surface area contributed by atoms with Gasteiger partial charge in [-0.25, -0.2) is 0 Å². The molecule has 2 nitrogen and oxygen atoms in total. The molecule has 0 saturated carbocycles. The van der Waals surface area contributed by atoms with Crippen LogP contribution < -0.4 is 5.32 Å². The molecule has 0 aliphatic carbocycles. The quantitative estimate of drug-likeness (QED) is 0.896. The number of hydrogen-bond donors (Lipinski definition) is 2. The van der Waals surface area contributed by atoms with Gasteiger partial charge in [0.05, 0.1) is 3.79 Å². The SMILES string of the molecule is OC(CNCc1csc(Br)c1)C(F)(F)F. The van der Waals surface area contributed by atoms with E-state index in [1.165, 1.54) is 11.3 Å². The molecule has 0 spiro atoms. The Morgan fingerprint density at radius 3 is 2.67 bits per heavy atom. The molecule has 1 aromatic heterocycles. The van der Waals surface area contributed by atoms with Gasteiger partial charge in [0.25, 0.3) is 0 Å². The van der Waals surface area contributed by atoms with Crippen molar-refractivity contribution in [1.82, 2.24) is 5.32 Å². The lowest BCUT2D eigenvalue weighted by Gasteiger charge is -2.14. The molecule has 1 aromatic rings. The van der Waals surface area contributed by atoms with Crippen molar-refractivity contribution in [2.75, 3.05) is 6.54 Å². The summed E-state index contributed by atoms with van der Waals surface area (Å²) in [5, 5.41) is 13.0. The summed E-state index contributed by atoms with van der Waals surface area (Å²) in [4.78, 5) is 0. The standard InChI is InChI=1S/C8H9BrF3NOS/c9-7-1-5(4-15-7)2-13-3-6(14)8(10,11)12/h1,4,6,13-14H,2-3H2. The largest absolute Gasteiger partial charge is 0.415 e. The highest BCUT2D eigenvalue weighted by Crippen LogP contribution is 2.21. The van der Waals surface area contributed by atoms with Crippen molar-refractivity contribution in [3.8, 4) is 0 Å². The molecular weight excluding hydrogens is 295 g/mol. The normalized spacial score (nSPS) is 14.2. The van der Waals surface area contributed by atoms with Crippen LogP contribution in [0.5, 0.6) is 0 Å². The number of aliphatic hydroxyl groups is 1. The van der Waals surface area contributed by atoms with Crippen LogP contribution in [-0.2, 0) is 6.54 Å². The van der Waals surface area contributed by atoms with Gasteiger partial charge < -0.3 is 10.4 Å². The second-order valence-corrected chi connectivity index (χ2v) is 5.24. The molecule has 7 heteroatoms. The molecular formula is C8H9BrF3NOS. The Balaban J connectivity index is 2.28. The third-order valence-electron chi connectivity index (χ3n) is 1.67. The molecule has 0 amide bonds. The molecule has 0 aromatic carbocycles. The van der Waals surface area contributed by atoms with E-state index in [0.29, 0.717) is 6.54 Å². The summed E-state index contributed by atoms with van der Waals surface area (Å²) in [6.07, 6.45) is -6.86. The van der Waals surface area contributed by atoms with E-state index in [4.69, 9.17) is 5.11 Å². The topological polar surface area (TPSA) is 32.3 Å². The van der Waals surface area contributed by atoms with Gasteiger partial charge in [-0.2, -0.15) is 13.2 Å². The average molecular weight is 304 g/mol. The van der Waals surface area contributed by atoms with Crippen molar-refractivity contribution in [2.45, 2.75) is 18.8 Å². The number of aliphatic hydroxyl groups excluding tert-OH is 1. The average Bonchev–Trinajstić information content (AvgIpc) is 2.49. The summed E-state index contributed by atoms with van der Waals surface area (Å²) < 4.78 is 36.6. The third kappa shape index (κ3) is 4.50. The zero-order chi connectivity index (χ0) is 11.5. The summed E-state index contributed by atoms with van der Waals surface area (Å²) in [6, 6.07) is 1.82. The second-order valence-electron chi connectivity index (χ2n) is 2.95. The van der Waals surface area contributed by atoms with Gasteiger partial charge in [0.1, 0.15) is 0 Å². The molecule has 15 heavy (non-hydrogen) atoms. The van der Waals surface area contributed by atoms with Gasteiger partial charge in [0.2, 0.25) is 0 Å². The van der Waals surface area contributed by atoms with Gasteiger partial charge in [-0.3, -0.25) is 0 Å². The summed E-state index contributed by atoms with van der Waals surface area (Å²) in [6.45, 7) is -0.174. The minimum atomic E-state index is -4.55. The van der Waals surface area contributed by atoms with Crippen LogP contribution in [0.15, 0.2) is 15.2 Å². The van der Waals surface area contributed by atoms with E-state index in [9.17, 15) is 13.2 Å². The lowest BCUT2D eigenvalue weighted by molar-refractivity contribution is -0.201. The van der Waals surface area contributed by atoms with Crippen molar-refractivity contribution in [1.29, 1.82) is 0 Å². The first-order chi connectivity index (χ1) is 6.89. The predicted molar refractivity (Wildman–Crippen MR) is 55.8 cm³/mol. The van der Waals surface area contributed by atoms with Crippen LogP contribution in [0.4, 0.5) is 13.2 Å².